The number of para-hydroxylation sites is 1. The minimum Gasteiger partial charge on any atom is -0.487 e. The zero-order valence-corrected chi connectivity index (χ0v) is 15.5. The Kier molecular flexibility index (Phi) is 5.94. The van der Waals surface area contributed by atoms with Gasteiger partial charge < -0.3 is 14.4 Å². The molecule has 1 aliphatic heterocycles. The van der Waals surface area contributed by atoms with E-state index in [4.69, 9.17) is 9.47 Å². The molecule has 0 spiro atoms. The van der Waals surface area contributed by atoms with E-state index in [1.807, 2.05) is 32.0 Å². The summed E-state index contributed by atoms with van der Waals surface area (Å²) < 4.78 is 38.0. The number of nitrogens with zero attached hydrogens (tertiary/aromatic N) is 1. The summed E-state index contributed by atoms with van der Waals surface area (Å²) in [6, 6.07) is 9.12. The molecule has 4 nitrogen and oxygen atoms in total. The first-order valence-corrected chi connectivity index (χ1v) is 9.02. The first kappa shape index (κ1) is 19.1. The maximum Gasteiger partial charge on any atom is 0.260 e. The van der Waals surface area contributed by atoms with Crippen molar-refractivity contribution in [2.45, 2.75) is 32.8 Å². The summed E-state index contributed by atoms with van der Waals surface area (Å²) in [6.45, 7) is 4.92. The summed E-state index contributed by atoms with van der Waals surface area (Å²) >= 11 is 0. The first-order chi connectivity index (χ1) is 12.9. The van der Waals surface area contributed by atoms with Gasteiger partial charge in [-0.3, -0.25) is 4.79 Å². The number of likely N-dealkylation sites (tertiary alicyclic amines) is 1. The van der Waals surface area contributed by atoms with Gasteiger partial charge in [0, 0.05) is 32.0 Å². The minimum absolute atomic E-state index is 0.0101. The van der Waals surface area contributed by atoms with Gasteiger partial charge in [0.2, 0.25) is 0 Å². The summed E-state index contributed by atoms with van der Waals surface area (Å²) in [5.74, 6) is -0.640. The number of halogens is 2. The number of aryl methyl sites for hydroxylation is 2. The molecule has 0 N–H and O–H groups in total. The average Bonchev–Trinajstić information content (AvgIpc) is 2.64. The third-order valence-corrected chi connectivity index (χ3v) is 4.73. The zero-order valence-electron chi connectivity index (χ0n) is 15.5. The van der Waals surface area contributed by atoms with E-state index < -0.39 is 11.6 Å². The highest BCUT2D eigenvalue weighted by molar-refractivity contribution is 5.78. The Morgan fingerprint density at radius 3 is 2.41 bits per heavy atom. The fraction of sp³-hybridized carbons (Fsp3) is 0.381. The summed E-state index contributed by atoms with van der Waals surface area (Å²) in [6.07, 6.45) is 0.978. The van der Waals surface area contributed by atoms with Crippen LogP contribution in [-0.4, -0.2) is 36.6 Å². The van der Waals surface area contributed by atoms with Crippen LogP contribution in [0.25, 0.3) is 0 Å². The molecule has 1 fully saturated rings. The van der Waals surface area contributed by atoms with Crippen LogP contribution in [-0.2, 0) is 4.79 Å². The third kappa shape index (κ3) is 4.76. The molecule has 144 valence electrons. The molecule has 2 aromatic rings. The van der Waals surface area contributed by atoms with Crippen molar-refractivity contribution in [3.05, 3.63) is 59.2 Å². The largest absolute Gasteiger partial charge is 0.487 e. The molecule has 0 unspecified atom stereocenters. The fourth-order valence-electron chi connectivity index (χ4n) is 3.23. The predicted molar refractivity (Wildman–Crippen MR) is 98.0 cm³/mol. The van der Waals surface area contributed by atoms with E-state index in [0.29, 0.717) is 25.9 Å². The molecular formula is C21H23F2NO3. The smallest absolute Gasteiger partial charge is 0.260 e. The maximum atomic E-state index is 13.7. The predicted octanol–water partition coefficient (Wildman–Crippen LogP) is 4.03. The molecule has 27 heavy (non-hydrogen) atoms. The number of amides is 1. The molecule has 1 aliphatic rings. The lowest BCUT2D eigenvalue weighted by Gasteiger charge is -2.32. The third-order valence-electron chi connectivity index (χ3n) is 4.73. The SMILES string of the molecule is Cc1cccc(C)c1OCC(=O)N1CCC(Oc2ccc(F)cc2F)CC1. The summed E-state index contributed by atoms with van der Waals surface area (Å²) in [7, 11) is 0. The van der Waals surface area contributed by atoms with Gasteiger partial charge in [0.05, 0.1) is 0 Å². The van der Waals surface area contributed by atoms with Crippen LogP contribution >= 0.6 is 0 Å². The van der Waals surface area contributed by atoms with E-state index >= 15 is 0 Å². The molecule has 0 aromatic heterocycles. The second-order valence-corrected chi connectivity index (χ2v) is 6.78. The van der Waals surface area contributed by atoms with Gasteiger partial charge in [-0.1, -0.05) is 18.2 Å². The lowest BCUT2D eigenvalue weighted by molar-refractivity contribution is -0.135. The van der Waals surface area contributed by atoms with Crippen LogP contribution < -0.4 is 9.47 Å². The number of carbonyl (C=O) groups is 1. The van der Waals surface area contributed by atoms with Crippen molar-refractivity contribution in [1.29, 1.82) is 0 Å². The Labute approximate surface area is 157 Å². The molecular weight excluding hydrogens is 352 g/mol. The Morgan fingerprint density at radius 2 is 1.78 bits per heavy atom. The van der Waals surface area contributed by atoms with Crippen molar-refractivity contribution in [3.8, 4) is 11.5 Å². The lowest BCUT2D eigenvalue weighted by Crippen LogP contribution is -2.43. The Hall–Kier alpha value is -2.63. The van der Waals surface area contributed by atoms with E-state index in [-0.39, 0.29) is 24.4 Å². The van der Waals surface area contributed by atoms with Crippen LogP contribution in [0.15, 0.2) is 36.4 Å². The molecule has 1 amide bonds. The van der Waals surface area contributed by atoms with E-state index in [9.17, 15) is 13.6 Å². The van der Waals surface area contributed by atoms with Crippen LogP contribution in [0.2, 0.25) is 0 Å². The summed E-state index contributed by atoms with van der Waals surface area (Å²) in [5.41, 5.74) is 1.99. The van der Waals surface area contributed by atoms with Gasteiger partial charge in [0.25, 0.3) is 5.91 Å². The minimum atomic E-state index is -0.712. The Bertz CT molecular complexity index is 797. The molecule has 3 rings (SSSR count). The molecule has 0 saturated carbocycles. The van der Waals surface area contributed by atoms with Gasteiger partial charge in [-0.25, -0.2) is 8.78 Å². The van der Waals surface area contributed by atoms with E-state index in [2.05, 4.69) is 0 Å². The van der Waals surface area contributed by atoms with E-state index in [1.54, 1.807) is 4.90 Å². The van der Waals surface area contributed by atoms with Crippen molar-refractivity contribution >= 4 is 5.91 Å². The molecule has 0 aliphatic carbocycles. The Morgan fingerprint density at radius 1 is 1.11 bits per heavy atom. The van der Waals surface area contributed by atoms with Gasteiger partial charge in [-0.15, -0.1) is 0 Å². The molecule has 0 bridgehead atoms. The quantitative estimate of drug-likeness (QED) is 0.792. The number of piperidine rings is 1. The number of hydrogen-bond acceptors (Lipinski definition) is 3. The van der Waals surface area contributed by atoms with Crippen LogP contribution in [0.5, 0.6) is 11.5 Å². The molecule has 0 radical (unpaired) electrons. The molecule has 2 aromatic carbocycles. The van der Waals surface area contributed by atoms with Gasteiger partial charge in [0.1, 0.15) is 17.7 Å². The monoisotopic (exact) mass is 375 g/mol. The van der Waals surface area contributed by atoms with Crippen LogP contribution in [0.4, 0.5) is 8.78 Å². The van der Waals surface area contributed by atoms with E-state index in [1.165, 1.54) is 12.1 Å². The van der Waals surface area contributed by atoms with Gasteiger partial charge >= 0.3 is 0 Å². The molecule has 6 heteroatoms. The van der Waals surface area contributed by atoms with E-state index in [0.717, 1.165) is 22.9 Å². The standard InChI is InChI=1S/C21H23F2NO3/c1-14-4-3-5-15(2)21(14)26-13-20(25)24-10-8-17(9-11-24)27-19-7-6-16(22)12-18(19)23/h3-7,12,17H,8-11,13H2,1-2H3. The Balaban J connectivity index is 1.49. The number of ether oxygens (including phenoxy) is 2. The maximum absolute atomic E-state index is 13.7. The second-order valence-electron chi connectivity index (χ2n) is 6.78. The summed E-state index contributed by atoms with van der Waals surface area (Å²) in [5, 5.41) is 0. The van der Waals surface area contributed by atoms with Crippen LogP contribution in [0.1, 0.15) is 24.0 Å². The van der Waals surface area contributed by atoms with Gasteiger partial charge in [0.15, 0.2) is 18.2 Å². The topological polar surface area (TPSA) is 38.8 Å². The molecule has 1 saturated heterocycles. The van der Waals surface area contributed by atoms with Gasteiger partial charge in [-0.05, 0) is 37.1 Å². The molecule has 0 atom stereocenters. The average molecular weight is 375 g/mol. The second kappa shape index (κ2) is 8.37. The van der Waals surface area contributed by atoms with Crippen LogP contribution in [0, 0.1) is 25.5 Å². The highest BCUT2D eigenvalue weighted by Gasteiger charge is 2.25. The number of hydrogen-bond donors (Lipinski definition) is 0. The highest BCUT2D eigenvalue weighted by atomic mass is 19.1. The normalized spacial score (nSPS) is 14.9. The van der Waals surface area contributed by atoms with Crippen molar-refractivity contribution < 1.29 is 23.0 Å². The lowest BCUT2D eigenvalue weighted by atomic mass is 10.1. The van der Waals surface area contributed by atoms with Crippen molar-refractivity contribution in [2.75, 3.05) is 19.7 Å². The zero-order chi connectivity index (χ0) is 19.4. The van der Waals surface area contributed by atoms with Crippen molar-refractivity contribution in [2.24, 2.45) is 0 Å². The fourth-order valence-corrected chi connectivity index (χ4v) is 3.23. The molecule has 1 heterocycles. The van der Waals surface area contributed by atoms with Crippen molar-refractivity contribution in [1.82, 2.24) is 4.90 Å². The number of carbonyl (C=O) groups excluding carboxylic acids is 1. The highest BCUT2D eigenvalue weighted by Crippen LogP contribution is 2.24. The van der Waals surface area contributed by atoms with Gasteiger partial charge in [-0.2, -0.15) is 0 Å². The summed E-state index contributed by atoms with van der Waals surface area (Å²) in [4.78, 5) is 14.1. The number of rotatable bonds is 5. The first-order valence-electron chi connectivity index (χ1n) is 9.02. The van der Waals surface area contributed by atoms with Crippen LogP contribution in [0.3, 0.4) is 0 Å². The number of benzene rings is 2. The van der Waals surface area contributed by atoms with Crippen molar-refractivity contribution in [3.63, 3.8) is 0 Å².